The van der Waals surface area contributed by atoms with Gasteiger partial charge in [0.1, 0.15) is 5.75 Å². The molecule has 0 amide bonds. The highest BCUT2D eigenvalue weighted by Gasteiger charge is 2.35. The molecule has 1 unspecified atom stereocenters. The summed E-state index contributed by atoms with van der Waals surface area (Å²) in [4.78, 5) is 0. The fourth-order valence-electron chi connectivity index (χ4n) is 1.37. The van der Waals surface area contributed by atoms with Crippen LogP contribution in [0.5, 0.6) is 5.75 Å². The topological polar surface area (TPSA) is 76.0 Å². The lowest BCUT2D eigenvalue weighted by atomic mass is 10.2. The lowest BCUT2D eigenvalue weighted by Gasteiger charge is -2.22. The molecule has 0 radical (unpaired) electrons. The van der Waals surface area contributed by atoms with E-state index >= 15 is 0 Å². The minimum absolute atomic E-state index is 0.0728. The van der Waals surface area contributed by atoms with E-state index < -0.39 is 13.4 Å². The highest BCUT2D eigenvalue weighted by molar-refractivity contribution is 7.54. The van der Waals surface area contributed by atoms with E-state index in [4.69, 9.17) is 14.2 Å². The molecule has 6 heteroatoms. The van der Waals surface area contributed by atoms with Gasteiger partial charge in [0.05, 0.1) is 13.2 Å². The molecule has 1 atom stereocenters. The third kappa shape index (κ3) is 3.54. The van der Waals surface area contributed by atoms with Crippen LogP contribution in [-0.4, -0.2) is 23.4 Å². The summed E-state index contributed by atoms with van der Waals surface area (Å²) in [6.45, 7) is 3.73. The molecular weight excluding hydrogens is 243 g/mol. The molecule has 17 heavy (non-hydrogen) atoms. The van der Waals surface area contributed by atoms with Crippen LogP contribution in [-0.2, 0) is 13.6 Å². The Labute approximate surface area is 101 Å². The predicted molar refractivity (Wildman–Crippen MR) is 63.9 cm³/mol. The maximum atomic E-state index is 12.2. The Kier molecular flexibility index (Phi) is 5.15. The molecule has 2 N–H and O–H groups in total. The van der Waals surface area contributed by atoms with E-state index in [2.05, 4.69) is 0 Å². The van der Waals surface area contributed by atoms with Gasteiger partial charge in [-0.3, -0.25) is 4.57 Å². The number of hydrogen-bond donors (Lipinski definition) is 2. The number of phenols is 1. The number of aliphatic hydroxyl groups excluding tert-OH is 1. The summed E-state index contributed by atoms with van der Waals surface area (Å²) in [7, 11) is -3.57. The van der Waals surface area contributed by atoms with Crippen LogP contribution >= 0.6 is 7.60 Å². The molecule has 1 rings (SSSR count). The zero-order chi connectivity index (χ0) is 12.9. The summed E-state index contributed by atoms with van der Waals surface area (Å²) in [5, 5.41) is 19.1. The molecular formula is C11H17O5P. The largest absolute Gasteiger partial charge is 0.508 e. The van der Waals surface area contributed by atoms with E-state index in [-0.39, 0.29) is 19.0 Å². The average molecular weight is 260 g/mol. The fourth-order valence-corrected chi connectivity index (χ4v) is 2.98. The second-order valence-corrected chi connectivity index (χ2v) is 5.43. The highest BCUT2D eigenvalue weighted by Crippen LogP contribution is 2.59. The first-order valence-corrected chi connectivity index (χ1v) is 7.00. The van der Waals surface area contributed by atoms with Crippen molar-refractivity contribution in [3.05, 3.63) is 29.8 Å². The van der Waals surface area contributed by atoms with Crippen LogP contribution in [0, 0.1) is 0 Å². The first-order chi connectivity index (χ1) is 8.03. The minimum Gasteiger partial charge on any atom is -0.508 e. The summed E-state index contributed by atoms with van der Waals surface area (Å²) in [6.07, 6.45) is 0. The first kappa shape index (κ1) is 14.2. The molecule has 5 nitrogen and oxygen atoms in total. The Balaban J connectivity index is 2.95. The van der Waals surface area contributed by atoms with Gasteiger partial charge in [-0.1, -0.05) is 12.1 Å². The molecule has 0 bridgehead atoms. The number of benzene rings is 1. The maximum Gasteiger partial charge on any atom is 0.363 e. The minimum atomic E-state index is -3.57. The van der Waals surface area contributed by atoms with Gasteiger partial charge in [-0.15, -0.1) is 0 Å². The Bertz CT molecular complexity index is 379. The monoisotopic (exact) mass is 260 g/mol. The number of hydrogen-bond acceptors (Lipinski definition) is 5. The first-order valence-electron chi connectivity index (χ1n) is 5.39. The summed E-state index contributed by atoms with van der Waals surface area (Å²) >= 11 is 0. The molecule has 0 saturated heterocycles. The molecule has 0 aliphatic carbocycles. The second kappa shape index (κ2) is 6.17. The van der Waals surface area contributed by atoms with Crippen LogP contribution in [0.1, 0.15) is 25.3 Å². The third-order valence-corrected chi connectivity index (χ3v) is 4.24. The van der Waals surface area contributed by atoms with Crippen molar-refractivity contribution in [1.29, 1.82) is 0 Å². The van der Waals surface area contributed by atoms with Crippen molar-refractivity contribution >= 4 is 7.60 Å². The Morgan fingerprint density at radius 2 is 1.65 bits per heavy atom. The number of aliphatic hydroxyl groups is 1. The Morgan fingerprint density at radius 1 is 1.18 bits per heavy atom. The van der Waals surface area contributed by atoms with Crippen molar-refractivity contribution in [2.45, 2.75) is 19.7 Å². The standard InChI is InChI=1S/C11H17O5P/c1-3-15-17(14,16-4-2)11(13)9-5-7-10(12)8-6-9/h5-8,11-13H,3-4H2,1-2H3. The van der Waals surface area contributed by atoms with Crippen molar-refractivity contribution in [1.82, 2.24) is 0 Å². The van der Waals surface area contributed by atoms with Gasteiger partial charge in [-0.05, 0) is 31.5 Å². The van der Waals surface area contributed by atoms with Gasteiger partial charge in [0.25, 0.3) is 0 Å². The summed E-state index contributed by atoms with van der Waals surface area (Å²) in [5.41, 5.74) is 0.382. The van der Waals surface area contributed by atoms with Gasteiger partial charge in [0, 0.05) is 0 Å². The second-order valence-electron chi connectivity index (χ2n) is 3.34. The number of phenolic OH excluding ortho intramolecular Hbond substituents is 1. The van der Waals surface area contributed by atoms with Crippen LogP contribution in [0.4, 0.5) is 0 Å². The van der Waals surface area contributed by atoms with Crippen LogP contribution in [0.3, 0.4) is 0 Å². The van der Waals surface area contributed by atoms with Crippen molar-refractivity contribution in [2.24, 2.45) is 0 Å². The predicted octanol–water partition coefficient (Wildman–Crippen LogP) is 2.65. The molecule has 1 aromatic carbocycles. The van der Waals surface area contributed by atoms with Gasteiger partial charge < -0.3 is 19.3 Å². The lowest BCUT2D eigenvalue weighted by molar-refractivity contribution is 0.150. The number of aromatic hydroxyl groups is 1. The molecule has 0 spiro atoms. The molecule has 0 heterocycles. The average Bonchev–Trinajstić information content (AvgIpc) is 2.30. The summed E-state index contributed by atoms with van der Waals surface area (Å²) in [5.74, 6) is -1.27. The highest BCUT2D eigenvalue weighted by atomic mass is 31.2. The SMILES string of the molecule is CCOP(=O)(OCC)C(O)c1ccc(O)cc1. The molecule has 0 saturated carbocycles. The smallest absolute Gasteiger partial charge is 0.363 e. The van der Waals surface area contributed by atoms with Gasteiger partial charge in [-0.25, -0.2) is 0 Å². The summed E-state index contributed by atoms with van der Waals surface area (Å²) in [6, 6.07) is 5.76. The zero-order valence-corrected chi connectivity index (χ0v) is 10.8. The van der Waals surface area contributed by atoms with E-state index in [1.807, 2.05) is 0 Å². The van der Waals surface area contributed by atoms with Gasteiger partial charge in [0.15, 0.2) is 5.85 Å². The van der Waals surface area contributed by atoms with Crippen LogP contribution in [0.2, 0.25) is 0 Å². The van der Waals surface area contributed by atoms with Crippen LogP contribution < -0.4 is 0 Å². The van der Waals surface area contributed by atoms with Gasteiger partial charge in [0.2, 0.25) is 0 Å². The Hall–Kier alpha value is -0.870. The van der Waals surface area contributed by atoms with Gasteiger partial charge >= 0.3 is 7.60 Å². The molecule has 0 aromatic heterocycles. The normalized spacial score (nSPS) is 13.6. The van der Waals surface area contributed by atoms with Crippen molar-refractivity contribution in [2.75, 3.05) is 13.2 Å². The molecule has 0 fully saturated rings. The maximum absolute atomic E-state index is 12.2. The van der Waals surface area contributed by atoms with E-state index in [1.165, 1.54) is 24.3 Å². The van der Waals surface area contributed by atoms with Crippen LogP contribution in [0.15, 0.2) is 24.3 Å². The van der Waals surface area contributed by atoms with E-state index in [1.54, 1.807) is 13.8 Å². The number of rotatable bonds is 6. The molecule has 0 aliphatic heterocycles. The third-order valence-electron chi connectivity index (χ3n) is 2.11. The zero-order valence-electron chi connectivity index (χ0n) is 9.87. The van der Waals surface area contributed by atoms with E-state index in [9.17, 15) is 9.67 Å². The fraction of sp³-hybridized carbons (Fsp3) is 0.455. The van der Waals surface area contributed by atoms with Crippen molar-refractivity contribution < 1.29 is 23.8 Å². The Morgan fingerprint density at radius 3 is 2.06 bits per heavy atom. The molecule has 1 aromatic rings. The molecule has 96 valence electrons. The quantitative estimate of drug-likeness (QED) is 0.769. The van der Waals surface area contributed by atoms with Crippen LogP contribution in [0.25, 0.3) is 0 Å². The van der Waals surface area contributed by atoms with E-state index in [0.717, 1.165) is 0 Å². The van der Waals surface area contributed by atoms with Crippen molar-refractivity contribution in [3.8, 4) is 5.75 Å². The van der Waals surface area contributed by atoms with E-state index in [0.29, 0.717) is 5.56 Å². The van der Waals surface area contributed by atoms with Gasteiger partial charge in [-0.2, -0.15) is 0 Å². The molecule has 0 aliphatic rings. The van der Waals surface area contributed by atoms with Crippen molar-refractivity contribution in [3.63, 3.8) is 0 Å². The summed E-state index contributed by atoms with van der Waals surface area (Å²) < 4.78 is 22.3. The lowest BCUT2D eigenvalue weighted by Crippen LogP contribution is -2.06.